The Hall–Kier alpha value is -2.44. The van der Waals surface area contributed by atoms with Crippen LogP contribution in [0.2, 0.25) is 0 Å². The summed E-state index contributed by atoms with van der Waals surface area (Å²) in [5.41, 5.74) is 1.09. The first-order valence-electron chi connectivity index (χ1n) is 6.99. The van der Waals surface area contributed by atoms with Crippen molar-refractivity contribution < 1.29 is 4.79 Å². The fourth-order valence-corrected chi connectivity index (χ4v) is 2.31. The highest BCUT2D eigenvalue weighted by Crippen LogP contribution is 2.27. The predicted molar refractivity (Wildman–Crippen MR) is 77.4 cm³/mol. The minimum Gasteiger partial charge on any atom is -0.310 e. The molecule has 0 aliphatic heterocycles. The first-order chi connectivity index (χ1) is 10.0. The number of hydrogen-bond donors (Lipinski definition) is 2. The van der Waals surface area contributed by atoms with Crippen molar-refractivity contribution in [1.29, 1.82) is 0 Å². The number of anilines is 1. The lowest BCUT2D eigenvalue weighted by atomic mass is 9.85. The molecule has 1 aliphatic carbocycles. The largest absolute Gasteiger partial charge is 0.310 e. The van der Waals surface area contributed by atoms with Gasteiger partial charge in [-0.05, 0) is 26.7 Å². The number of aromatic nitrogens is 4. The Kier molecular flexibility index (Phi) is 3.32. The van der Waals surface area contributed by atoms with Crippen LogP contribution >= 0.6 is 0 Å². The highest BCUT2D eigenvalue weighted by atomic mass is 16.2. The molecule has 0 atom stereocenters. The summed E-state index contributed by atoms with van der Waals surface area (Å²) in [5.74, 6) is 0.908. The highest BCUT2D eigenvalue weighted by Gasteiger charge is 2.26. The maximum absolute atomic E-state index is 12.1. The summed E-state index contributed by atoms with van der Waals surface area (Å²) in [5, 5.41) is 7.16. The molecule has 3 rings (SSSR count). The molecular weight excluding hydrogens is 270 g/mol. The molecule has 0 aromatic carbocycles. The highest BCUT2D eigenvalue weighted by molar-refractivity contribution is 5.92. The van der Waals surface area contributed by atoms with Crippen molar-refractivity contribution in [3.63, 3.8) is 0 Å². The number of nitrogens with zero attached hydrogens (tertiary/aromatic N) is 3. The van der Waals surface area contributed by atoms with Crippen LogP contribution in [0.5, 0.6) is 0 Å². The molecule has 0 spiro atoms. The third-order valence-electron chi connectivity index (χ3n) is 3.62. The number of carbonyl (C=O) groups is 1. The summed E-state index contributed by atoms with van der Waals surface area (Å²) in [4.78, 5) is 30.5. The molecule has 0 bridgehead atoms. The zero-order chi connectivity index (χ0) is 15.0. The fourth-order valence-electron chi connectivity index (χ4n) is 2.31. The van der Waals surface area contributed by atoms with Gasteiger partial charge in [0.2, 0.25) is 11.9 Å². The van der Waals surface area contributed by atoms with Gasteiger partial charge >= 0.3 is 0 Å². The van der Waals surface area contributed by atoms with Gasteiger partial charge in [-0.15, -0.1) is 0 Å². The van der Waals surface area contributed by atoms with Gasteiger partial charge in [0.25, 0.3) is 5.56 Å². The number of rotatable bonds is 3. The number of nitrogens with one attached hydrogen (secondary N) is 2. The maximum atomic E-state index is 12.1. The molecule has 2 aromatic heterocycles. The number of hydrogen-bond acceptors (Lipinski definition) is 4. The van der Waals surface area contributed by atoms with E-state index in [4.69, 9.17) is 0 Å². The predicted octanol–water partition coefficient (Wildman–Crippen LogP) is 1.31. The van der Waals surface area contributed by atoms with Crippen molar-refractivity contribution in [3.05, 3.63) is 33.9 Å². The molecule has 2 aromatic rings. The van der Waals surface area contributed by atoms with E-state index in [-0.39, 0.29) is 17.4 Å². The lowest BCUT2D eigenvalue weighted by Gasteiger charge is -2.23. The molecule has 0 saturated heterocycles. The smallest absolute Gasteiger partial charge is 0.252 e. The number of amides is 1. The standard InChI is InChI=1S/C14H17N5O2/c1-8-7-12(20)17-14(15-8)19-11(6-9(2)18-19)16-13(21)10-4-3-5-10/h6-7,10H,3-5H2,1-2H3,(H,16,21)(H,15,17,20). The second-order valence-corrected chi connectivity index (χ2v) is 5.41. The topological polar surface area (TPSA) is 92.7 Å². The number of H-pyrrole nitrogens is 1. The molecule has 7 nitrogen and oxygen atoms in total. The van der Waals surface area contributed by atoms with Crippen LogP contribution in [0.15, 0.2) is 16.9 Å². The van der Waals surface area contributed by atoms with E-state index in [9.17, 15) is 9.59 Å². The zero-order valence-electron chi connectivity index (χ0n) is 12.0. The van der Waals surface area contributed by atoms with Crippen LogP contribution in [0.1, 0.15) is 30.7 Å². The van der Waals surface area contributed by atoms with Gasteiger partial charge in [-0.1, -0.05) is 6.42 Å². The summed E-state index contributed by atoms with van der Waals surface area (Å²) in [7, 11) is 0. The number of carbonyl (C=O) groups excluding carboxylic acids is 1. The number of aromatic amines is 1. The van der Waals surface area contributed by atoms with Crippen LogP contribution in [0, 0.1) is 19.8 Å². The van der Waals surface area contributed by atoms with Gasteiger partial charge in [-0.3, -0.25) is 14.6 Å². The normalized spacial score (nSPS) is 14.8. The molecule has 110 valence electrons. The summed E-state index contributed by atoms with van der Waals surface area (Å²) in [6, 6.07) is 3.17. The lowest BCUT2D eigenvalue weighted by Crippen LogP contribution is -2.29. The fraction of sp³-hybridized carbons (Fsp3) is 0.429. The van der Waals surface area contributed by atoms with E-state index < -0.39 is 0 Å². The summed E-state index contributed by atoms with van der Waals surface area (Å²) in [6.07, 6.45) is 2.96. The Balaban J connectivity index is 1.94. The van der Waals surface area contributed by atoms with Gasteiger partial charge in [-0.2, -0.15) is 9.78 Å². The van der Waals surface area contributed by atoms with Gasteiger partial charge in [0.15, 0.2) is 0 Å². The average Bonchev–Trinajstić information content (AvgIpc) is 2.66. The quantitative estimate of drug-likeness (QED) is 0.890. The Morgan fingerprint density at radius 3 is 2.71 bits per heavy atom. The van der Waals surface area contributed by atoms with Crippen molar-refractivity contribution in [2.45, 2.75) is 33.1 Å². The Labute approximate surface area is 121 Å². The molecule has 1 amide bonds. The van der Waals surface area contributed by atoms with Gasteiger partial charge in [0.1, 0.15) is 5.82 Å². The zero-order valence-corrected chi connectivity index (χ0v) is 12.0. The number of aryl methyl sites for hydroxylation is 2. The summed E-state index contributed by atoms with van der Waals surface area (Å²) < 4.78 is 1.46. The first-order valence-corrected chi connectivity index (χ1v) is 6.99. The molecule has 1 aliphatic rings. The molecule has 0 radical (unpaired) electrons. The SMILES string of the molecule is Cc1cc(=O)[nH]c(-n2nc(C)cc2NC(=O)C2CCC2)n1. The van der Waals surface area contributed by atoms with E-state index in [0.29, 0.717) is 17.5 Å². The summed E-state index contributed by atoms with van der Waals surface area (Å²) in [6.45, 7) is 3.56. The third-order valence-corrected chi connectivity index (χ3v) is 3.62. The van der Waals surface area contributed by atoms with Crippen molar-refractivity contribution in [2.75, 3.05) is 5.32 Å². The Morgan fingerprint density at radius 1 is 1.33 bits per heavy atom. The van der Waals surface area contributed by atoms with Crippen LogP contribution in [0.3, 0.4) is 0 Å². The van der Waals surface area contributed by atoms with E-state index >= 15 is 0 Å². The molecular formula is C14H17N5O2. The van der Waals surface area contributed by atoms with Crippen molar-refractivity contribution in [3.8, 4) is 5.95 Å². The lowest BCUT2D eigenvalue weighted by molar-refractivity contribution is -0.122. The molecule has 1 fully saturated rings. The van der Waals surface area contributed by atoms with Gasteiger partial charge in [-0.25, -0.2) is 4.98 Å². The van der Waals surface area contributed by atoms with E-state index in [1.807, 2.05) is 6.92 Å². The molecule has 0 unspecified atom stereocenters. The second kappa shape index (κ2) is 5.16. The van der Waals surface area contributed by atoms with Gasteiger partial charge < -0.3 is 5.32 Å². The van der Waals surface area contributed by atoms with Crippen LogP contribution in [-0.2, 0) is 4.79 Å². The molecule has 21 heavy (non-hydrogen) atoms. The Bertz CT molecular complexity index is 742. The first kappa shape index (κ1) is 13.5. The third kappa shape index (κ3) is 2.72. The molecule has 2 N–H and O–H groups in total. The van der Waals surface area contributed by atoms with Crippen LogP contribution in [0.4, 0.5) is 5.82 Å². The summed E-state index contributed by atoms with van der Waals surface area (Å²) >= 11 is 0. The van der Waals surface area contributed by atoms with Crippen LogP contribution < -0.4 is 10.9 Å². The van der Waals surface area contributed by atoms with E-state index in [1.54, 1.807) is 13.0 Å². The second-order valence-electron chi connectivity index (χ2n) is 5.41. The van der Waals surface area contributed by atoms with E-state index in [1.165, 1.54) is 10.7 Å². The molecule has 2 heterocycles. The van der Waals surface area contributed by atoms with Crippen LogP contribution in [0.25, 0.3) is 5.95 Å². The van der Waals surface area contributed by atoms with Gasteiger partial charge in [0, 0.05) is 23.7 Å². The van der Waals surface area contributed by atoms with Gasteiger partial charge in [0.05, 0.1) is 5.69 Å². The monoisotopic (exact) mass is 287 g/mol. The minimum absolute atomic E-state index is 0.00241. The molecule has 7 heteroatoms. The van der Waals surface area contributed by atoms with E-state index in [2.05, 4.69) is 20.4 Å². The maximum Gasteiger partial charge on any atom is 0.252 e. The van der Waals surface area contributed by atoms with Crippen LogP contribution in [-0.4, -0.2) is 25.7 Å². The minimum atomic E-state index is -0.248. The average molecular weight is 287 g/mol. The van der Waals surface area contributed by atoms with Crippen molar-refractivity contribution >= 4 is 11.7 Å². The van der Waals surface area contributed by atoms with E-state index in [0.717, 1.165) is 25.0 Å². The Morgan fingerprint density at radius 2 is 2.10 bits per heavy atom. The van der Waals surface area contributed by atoms with Crippen molar-refractivity contribution in [1.82, 2.24) is 19.7 Å². The molecule has 1 saturated carbocycles. The van der Waals surface area contributed by atoms with Crippen molar-refractivity contribution in [2.24, 2.45) is 5.92 Å².